The van der Waals surface area contributed by atoms with Crippen molar-refractivity contribution in [3.8, 4) is 0 Å². The van der Waals surface area contributed by atoms with Gasteiger partial charge >= 0.3 is 5.97 Å². The monoisotopic (exact) mass is 360 g/mol. The molecule has 7 heteroatoms. The lowest BCUT2D eigenvalue weighted by Gasteiger charge is -2.15. The molecule has 2 aromatic rings. The molecule has 0 radical (unpaired) electrons. The second-order valence-corrected chi connectivity index (χ2v) is 8.20. The summed E-state index contributed by atoms with van der Waals surface area (Å²) >= 11 is 0. The van der Waals surface area contributed by atoms with Gasteiger partial charge in [-0.3, -0.25) is 4.79 Å². The maximum absolute atomic E-state index is 11.6. The summed E-state index contributed by atoms with van der Waals surface area (Å²) in [4.78, 5) is 11.5. The van der Waals surface area contributed by atoms with E-state index >= 15 is 0 Å². The van der Waals surface area contributed by atoms with Crippen LogP contribution in [0, 0.1) is 6.92 Å². The highest BCUT2D eigenvalue weighted by Crippen LogP contribution is 2.32. The molecule has 0 fully saturated rings. The zero-order valence-corrected chi connectivity index (χ0v) is 14.9. The van der Waals surface area contributed by atoms with Crippen molar-refractivity contribution in [1.29, 1.82) is 0 Å². The van der Waals surface area contributed by atoms with E-state index in [2.05, 4.69) is 5.32 Å². The van der Waals surface area contributed by atoms with E-state index in [9.17, 15) is 18.3 Å². The number of aliphatic carboxylic acids is 1. The second-order valence-electron chi connectivity index (χ2n) is 6.18. The van der Waals surface area contributed by atoms with Gasteiger partial charge in [-0.15, -0.1) is 0 Å². The van der Waals surface area contributed by atoms with Gasteiger partial charge in [0.1, 0.15) is 5.82 Å². The average molecular weight is 360 g/mol. The molecule has 0 amide bonds. The quantitative estimate of drug-likeness (QED) is 0.854. The van der Waals surface area contributed by atoms with Crippen molar-refractivity contribution in [2.24, 2.45) is 0 Å². The van der Waals surface area contributed by atoms with E-state index in [4.69, 9.17) is 0 Å². The summed E-state index contributed by atoms with van der Waals surface area (Å²) in [5.41, 5.74) is 3.57. The number of rotatable bonds is 5. The van der Waals surface area contributed by atoms with E-state index < -0.39 is 15.8 Å². The summed E-state index contributed by atoms with van der Waals surface area (Å²) in [6.07, 6.45) is 5.09. The number of nitrogens with zero attached hydrogens (tertiary/aromatic N) is 1. The van der Waals surface area contributed by atoms with Gasteiger partial charge in [-0.2, -0.15) is 0 Å². The zero-order chi connectivity index (χ0) is 18.2. The SMILES string of the molecule is Cc1c(CC(=O)O)c2c(n1Cc1ccc(S(C)(=O)=O)cc1)NCC=C2. The Morgan fingerprint density at radius 3 is 2.56 bits per heavy atom. The van der Waals surface area contributed by atoms with Crippen molar-refractivity contribution in [3.05, 3.63) is 52.7 Å². The number of carboxylic acid groups (broad SMARTS) is 1. The van der Waals surface area contributed by atoms with E-state index in [0.29, 0.717) is 13.1 Å². The third-order valence-corrected chi connectivity index (χ3v) is 5.51. The molecule has 2 N–H and O–H groups in total. The normalized spacial score (nSPS) is 13.4. The molecule has 25 heavy (non-hydrogen) atoms. The number of sulfone groups is 1. The molecule has 0 spiro atoms. The van der Waals surface area contributed by atoms with Gasteiger partial charge in [0, 0.05) is 30.6 Å². The molecule has 0 aliphatic carbocycles. The number of benzene rings is 1. The number of fused-ring (bicyclic) bond motifs is 1. The first-order valence-corrected chi connectivity index (χ1v) is 9.79. The van der Waals surface area contributed by atoms with Gasteiger partial charge in [-0.25, -0.2) is 8.42 Å². The van der Waals surface area contributed by atoms with Crippen LogP contribution in [0.15, 0.2) is 35.2 Å². The largest absolute Gasteiger partial charge is 0.481 e. The van der Waals surface area contributed by atoms with Gasteiger partial charge in [0.2, 0.25) is 0 Å². The maximum Gasteiger partial charge on any atom is 0.307 e. The average Bonchev–Trinajstić information content (AvgIpc) is 2.80. The third kappa shape index (κ3) is 3.46. The summed E-state index contributed by atoms with van der Waals surface area (Å²) < 4.78 is 25.2. The van der Waals surface area contributed by atoms with Crippen LogP contribution in [0.3, 0.4) is 0 Å². The molecule has 3 rings (SSSR count). The second kappa shape index (κ2) is 6.40. The van der Waals surface area contributed by atoms with Crippen molar-refractivity contribution < 1.29 is 18.3 Å². The Morgan fingerprint density at radius 2 is 1.96 bits per heavy atom. The van der Waals surface area contributed by atoms with Crippen LogP contribution >= 0.6 is 0 Å². The topological polar surface area (TPSA) is 88.4 Å². The third-order valence-electron chi connectivity index (χ3n) is 4.38. The van der Waals surface area contributed by atoms with Crippen LogP contribution in [-0.4, -0.2) is 36.9 Å². The summed E-state index contributed by atoms with van der Waals surface area (Å²) in [6.45, 7) is 3.14. The van der Waals surface area contributed by atoms with Crippen LogP contribution in [0.25, 0.3) is 6.08 Å². The number of nitrogens with one attached hydrogen (secondary N) is 1. The fourth-order valence-electron chi connectivity index (χ4n) is 3.11. The van der Waals surface area contributed by atoms with Crippen molar-refractivity contribution in [2.75, 3.05) is 18.1 Å². The van der Waals surface area contributed by atoms with Crippen LogP contribution in [0.2, 0.25) is 0 Å². The van der Waals surface area contributed by atoms with E-state index in [1.807, 2.05) is 23.6 Å². The lowest BCUT2D eigenvalue weighted by Crippen LogP contribution is -2.11. The van der Waals surface area contributed by atoms with E-state index in [0.717, 1.165) is 28.2 Å². The molecule has 2 heterocycles. The molecule has 1 aliphatic heterocycles. The molecule has 1 aliphatic rings. The molecule has 6 nitrogen and oxygen atoms in total. The summed E-state index contributed by atoms with van der Waals surface area (Å²) in [6, 6.07) is 6.78. The van der Waals surface area contributed by atoms with Gasteiger partial charge in [-0.05, 0) is 30.2 Å². The van der Waals surface area contributed by atoms with E-state index in [-0.39, 0.29) is 11.3 Å². The minimum atomic E-state index is -3.22. The van der Waals surface area contributed by atoms with Crippen LogP contribution in [0.5, 0.6) is 0 Å². The number of hydrogen-bond donors (Lipinski definition) is 2. The standard InChI is InChI=1S/C18H20N2O4S/c1-12-16(10-17(21)22)15-4-3-9-19-18(15)20(12)11-13-5-7-14(8-6-13)25(2,23)24/h3-8,19H,9-11H2,1-2H3,(H,21,22). The highest BCUT2D eigenvalue weighted by atomic mass is 32.2. The minimum absolute atomic E-state index is 0.0276. The first-order chi connectivity index (χ1) is 11.8. The highest BCUT2D eigenvalue weighted by Gasteiger charge is 2.22. The zero-order valence-electron chi connectivity index (χ0n) is 14.1. The van der Waals surface area contributed by atoms with Crippen molar-refractivity contribution in [1.82, 2.24) is 4.57 Å². The predicted molar refractivity (Wildman–Crippen MR) is 96.7 cm³/mol. The first-order valence-electron chi connectivity index (χ1n) is 7.90. The van der Waals surface area contributed by atoms with E-state index in [1.54, 1.807) is 24.3 Å². The molecule has 1 aromatic carbocycles. The number of hydrogen-bond acceptors (Lipinski definition) is 4. The fourth-order valence-corrected chi connectivity index (χ4v) is 3.74. The minimum Gasteiger partial charge on any atom is -0.481 e. The molecule has 0 unspecified atom stereocenters. The Kier molecular flexibility index (Phi) is 4.43. The number of carbonyl (C=O) groups is 1. The molecule has 0 bridgehead atoms. The summed E-state index contributed by atoms with van der Waals surface area (Å²) in [5.74, 6) is 0.0444. The predicted octanol–water partition coefficient (Wildman–Crippen LogP) is 2.31. The lowest BCUT2D eigenvalue weighted by atomic mass is 10.1. The van der Waals surface area contributed by atoms with Crippen LogP contribution < -0.4 is 5.32 Å². The Balaban J connectivity index is 1.99. The smallest absolute Gasteiger partial charge is 0.307 e. The van der Waals surface area contributed by atoms with Crippen LogP contribution in [-0.2, 0) is 27.6 Å². The number of anilines is 1. The van der Waals surface area contributed by atoms with Crippen molar-refractivity contribution in [3.63, 3.8) is 0 Å². The van der Waals surface area contributed by atoms with Gasteiger partial charge in [0.15, 0.2) is 9.84 Å². The van der Waals surface area contributed by atoms with E-state index in [1.165, 1.54) is 6.26 Å². The number of aromatic nitrogens is 1. The first kappa shape index (κ1) is 17.3. The molecular weight excluding hydrogens is 340 g/mol. The van der Waals surface area contributed by atoms with Crippen molar-refractivity contribution >= 4 is 27.7 Å². The van der Waals surface area contributed by atoms with Crippen LogP contribution in [0.1, 0.15) is 22.4 Å². The Labute approximate surface area is 146 Å². The number of carboxylic acids is 1. The van der Waals surface area contributed by atoms with Crippen LogP contribution in [0.4, 0.5) is 5.82 Å². The molecule has 1 aromatic heterocycles. The fraction of sp³-hybridized carbons (Fsp3) is 0.278. The van der Waals surface area contributed by atoms with Gasteiger partial charge in [-0.1, -0.05) is 24.3 Å². The Bertz CT molecular complexity index is 954. The molecule has 0 saturated carbocycles. The molecule has 0 saturated heterocycles. The van der Waals surface area contributed by atoms with Gasteiger partial charge in [0.05, 0.1) is 11.3 Å². The maximum atomic E-state index is 11.6. The molecule has 132 valence electrons. The lowest BCUT2D eigenvalue weighted by molar-refractivity contribution is -0.136. The summed E-state index contributed by atoms with van der Waals surface area (Å²) in [7, 11) is -3.22. The Hall–Kier alpha value is -2.54. The summed E-state index contributed by atoms with van der Waals surface area (Å²) in [5, 5.41) is 12.5. The van der Waals surface area contributed by atoms with Gasteiger partial charge < -0.3 is 15.0 Å². The van der Waals surface area contributed by atoms with Gasteiger partial charge in [0.25, 0.3) is 0 Å². The highest BCUT2D eigenvalue weighted by molar-refractivity contribution is 7.90. The molecule has 0 atom stereocenters. The molecular formula is C18H20N2O4S. The van der Waals surface area contributed by atoms with Crippen molar-refractivity contribution in [2.45, 2.75) is 24.8 Å². The Morgan fingerprint density at radius 1 is 1.28 bits per heavy atom.